The Morgan fingerprint density at radius 2 is 1.55 bits per heavy atom. The Balaban J connectivity index is 1.60. The summed E-state index contributed by atoms with van der Waals surface area (Å²) >= 11 is 0. The number of alkyl carbamates (subject to hydrolysis) is 1. The van der Waals surface area contributed by atoms with Crippen LogP contribution in [-0.4, -0.2) is 48.2 Å². The van der Waals surface area contributed by atoms with Gasteiger partial charge < -0.3 is 19.9 Å². The number of ether oxygens (including phenoxy) is 2. The molecule has 162 valence electrons. The number of carbonyl (C=O) groups is 4. The van der Waals surface area contributed by atoms with E-state index in [1.807, 2.05) is 48.5 Å². The van der Waals surface area contributed by atoms with Gasteiger partial charge in [0.1, 0.15) is 24.9 Å². The van der Waals surface area contributed by atoms with E-state index >= 15 is 0 Å². The summed E-state index contributed by atoms with van der Waals surface area (Å²) in [7, 11) is 0. The second-order valence-corrected chi connectivity index (χ2v) is 7.09. The monoisotopic (exact) mass is 425 g/mol. The summed E-state index contributed by atoms with van der Waals surface area (Å²) in [5.41, 5.74) is 4.19. The number of fused-ring (bicyclic) bond motifs is 3. The highest BCUT2D eigenvalue weighted by molar-refractivity contribution is 5.98. The summed E-state index contributed by atoms with van der Waals surface area (Å²) < 4.78 is 9.97. The van der Waals surface area contributed by atoms with Crippen LogP contribution in [0.5, 0.6) is 0 Å². The number of ketones is 1. The third-order valence-corrected chi connectivity index (χ3v) is 5.01. The fraction of sp³-hybridized carbons (Fsp3) is 0.304. The number of amides is 1. The van der Waals surface area contributed by atoms with E-state index < -0.39 is 42.7 Å². The zero-order valence-electron chi connectivity index (χ0n) is 17.0. The number of aliphatic carboxylic acids is 1. The first-order chi connectivity index (χ1) is 14.9. The maximum atomic E-state index is 12.2. The van der Waals surface area contributed by atoms with Crippen LogP contribution in [0, 0.1) is 0 Å². The lowest BCUT2D eigenvalue weighted by molar-refractivity contribution is -0.147. The second kappa shape index (κ2) is 9.88. The molecule has 0 saturated carbocycles. The Hall–Kier alpha value is -3.68. The normalized spacial score (nSPS) is 12.9. The first-order valence-electron chi connectivity index (χ1n) is 9.92. The van der Waals surface area contributed by atoms with Crippen molar-refractivity contribution in [2.24, 2.45) is 0 Å². The van der Waals surface area contributed by atoms with Gasteiger partial charge in [-0.2, -0.15) is 0 Å². The summed E-state index contributed by atoms with van der Waals surface area (Å²) in [6.07, 6.45) is -2.04. The minimum atomic E-state index is -1.50. The van der Waals surface area contributed by atoms with E-state index in [4.69, 9.17) is 4.74 Å². The van der Waals surface area contributed by atoms with E-state index in [0.29, 0.717) is 0 Å². The second-order valence-electron chi connectivity index (χ2n) is 7.09. The maximum absolute atomic E-state index is 12.2. The van der Waals surface area contributed by atoms with Crippen LogP contribution in [0.25, 0.3) is 11.1 Å². The van der Waals surface area contributed by atoms with Gasteiger partial charge in [0.2, 0.25) is 0 Å². The first kappa shape index (κ1) is 22.0. The van der Waals surface area contributed by atoms with Gasteiger partial charge in [0.15, 0.2) is 0 Å². The van der Waals surface area contributed by atoms with Gasteiger partial charge >= 0.3 is 18.0 Å². The van der Waals surface area contributed by atoms with Gasteiger partial charge in [-0.25, -0.2) is 9.59 Å². The molecule has 0 saturated heterocycles. The average Bonchev–Trinajstić information content (AvgIpc) is 3.05. The predicted molar refractivity (Wildman–Crippen MR) is 111 cm³/mol. The Morgan fingerprint density at radius 1 is 0.968 bits per heavy atom. The molecule has 1 unspecified atom stereocenters. The molecular formula is C23H23NO7. The van der Waals surface area contributed by atoms with Crippen LogP contribution in [0.4, 0.5) is 4.79 Å². The molecule has 0 aliphatic heterocycles. The Morgan fingerprint density at radius 3 is 2.10 bits per heavy atom. The minimum absolute atomic E-state index is 0.0168. The number of hydrogen-bond acceptors (Lipinski definition) is 6. The molecule has 8 nitrogen and oxygen atoms in total. The number of carbonyl (C=O) groups excluding carboxylic acids is 3. The number of Topliss-reactive ketones (excluding diaryl/α,β-unsaturated/α-hetero) is 1. The smallest absolute Gasteiger partial charge is 0.407 e. The molecule has 1 aliphatic carbocycles. The van der Waals surface area contributed by atoms with E-state index in [1.54, 1.807) is 6.92 Å². The zero-order chi connectivity index (χ0) is 22.4. The van der Waals surface area contributed by atoms with Crippen molar-refractivity contribution >= 4 is 23.8 Å². The predicted octanol–water partition coefficient (Wildman–Crippen LogP) is 2.89. The highest BCUT2D eigenvalue weighted by Gasteiger charge is 2.30. The highest BCUT2D eigenvalue weighted by atomic mass is 16.5. The lowest BCUT2D eigenvalue weighted by Gasteiger charge is -2.17. The summed E-state index contributed by atoms with van der Waals surface area (Å²) in [5.74, 6) is -2.96. The van der Waals surface area contributed by atoms with E-state index in [1.165, 1.54) is 0 Å². The molecule has 0 radical (unpaired) electrons. The molecule has 31 heavy (non-hydrogen) atoms. The summed E-state index contributed by atoms with van der Waals surface area (Å²) in [6.45, 7) is 1.73. The maximum Gasteiger partial charge on any atom is 0.407 e. The van der Waals surface area contributed by atoms with Crippen LogP contribution in [-0.2, 0) is 23.9 Å². The third kappa shape index (κ3) is 5.28. The molecule has 0 fully saturated rings. The number of benzene rings is 2. The van der Waals surface area contributed by atoms with Gasteiger partial charge in [-0.1, -0.05) is 48.5 Å². The topological polar surface area (TPSA) is 119 Å². The largest absolute Gasteiger partial charge is 0.480 e. The molecular weight excluding hydrogens is 402 g/mol. The Labute approximate surface area is 179 Å². The Kier molecular flexibility index (Phi) is 7.02. The number of carboxylic acids is 1. The van der Waals surface area contributed by atoms with Crippen molar-refractivity contribution in [3.63, 3.8) is 0 Å². The molecule has 1 aliphatic rings. The van der Waals surface area contributed by atoms with Crippen LogP contribution < -0.4 is 5.32 Å². The van der Waals surface area contributed by atoms with Gasteiger partial charge in [-0.05, 0) is 29.2 Å². The number of esters is 1. The summed E-state index contributed by atoms with van der Waals surface area (Å²) in [4.78, 5) is 47.0. The molecule has 2 aromatic rings. The molecule has 3 rings (SSSR count). The van der Waals surface area contributed by atoms with Crippen molar-refractivity contribution in [2.45, 2.75) is 31.7 Å². The first-order valence-corrected chi connectivity index (χ1v) is 9.92. The van der Waals surface area contributed by atoms with Crippen LogP contribution in [0.2, 0.25) is 0 Å². The van der Waals surface area contributed by atoms with E-state index in [2.05, 4.69) is 10.1 Å². The molecule has 2 N–H and O–H groups in total. The average molecular weight is 425 g/mol. The molecule has 2 aromatic carbocycles. The molecule has 0 spiro atoms. The van der Waals surface area contributed by atoms with Crippen molar-refractivity contribution in [3.05, 3.63) is 59.7 Å². The number of rotatable bonds is 9. The minimum Gasteiger partial charge on any atom is -0.480 e. The van der Waals surface area contributed by atoms with Crippen molar-refractivity contribution in [3.8, 4) is 11.1 Å². The molecule has 1 amide bonds. The van der Waals surface area contributed by atoms with E-state index in [-0.39, 0.29) is 19.1 Å². The zero-order valence-corrected chi connectivity index (χ0v) is 17.0. The van der Waals surface area contributed by atoms with Gasteiger partial charge in [0, 0.05) is 12.3 Å². The lowest BCUT2D eigenvalue weighted by atomic mass is 9.98. The number of nitrogens with one attached hydrogen (secondary N) is 1. The van der Waals surface area contributed by atoms with Crippen LogP contribution >= 0.6 is 0 Å². The van der Waals surface area contributed by atoms with Crippen molar-refractivity contribution < 1.29 is 33.8 Å². The van der Waals surface area contributed by atoms with Gasteiger partial charge in [0.05, 0.1) is 6.61 Å². The molecule has 0 heterocycles. The van der Waals surface area contributed by atoms with Crippen molar-refractivity contribution in [1.29, 1.82) is 0 Å². The SMILES string of the molecule is CCOC(=O)CC(=O)CC(NC(=O)OCC1c2ccccc2-c2ccccc21)C(=O)O. The van der Waals surface area contributed by atoms with E-state index in [0.717, 1.165) is 22.3 Å². The summed E-state index contributed by atoms with van der Waals surface area (Å²) in [6, 6.07) is 14.1. The van der Waals surface area contributed by atoms with Crippen LogP contribution in [0.15, 0.2) is 48.5 Å². The highest BCUT2D eigenvalue weighted by Crippen LogP contribution is 2.44. The fourth-order valence-corrected chi connectivity index (χ4v) is 3.66. The standard InChI is InChI=1S/C23H23NO7/c1-2-30-21(26)12-14(25)11-20(22(27)28)24-23(29)31-13-19-17-9-5-3-7-15(17)16-8-4-6-10-18(16)19/h3-10,19-20H,2,11-13H2,1H3,(H,24,29)(H,27,28). The molecule has 8 heteroatoms. The number of carboxylic acid groups (broad SMARTS) is 1. The van der Waals surface area contributed by atoms with Crippen LogP contribution in [0.1, 0.15) is 36.8 Å². The van der Waals surface area contributed by atoms with Gasteiger partial charge in [0.25, 0.3) is 0 Å². The van der Waals surface area contributed by atoms with Crippen molar-refractivity contribution in [1.82, 2.24) is 5.32 Å². The van der Waals surface area contributed by atoms with Crippen molar-refractivity contribution in [2.75, 3.05) is 13.2 Å². The molecule has 1 atom stereocenters. The number of hydrogen-bond donors (Lipinski definition) is 2. The Bertz CT molecular complexity index is 955. The summed E-state index contributed by atoms with van der Waals surface area (Å²) in [5, 5.41) is 11.5. The van der Waals surface area contributed by atoms with Crippen LogP contribution in [0.3, 0.4) is 0 Å². The van der Waals surface area contributed by atoms with E-state index in [9.17, 15) is 24.3 Å². The quantitative estimate of drug-likeness (QED) is 0.468. The lowest BCUT2D eigenvalue weighted by Crippen LogP contribution is -2.43. The molecule has 0 bridgehead atoms. The molecule has 0 aromatic heterocycles. The fourth-order valence-electron chi connectivity index (χ4n) is 3.66. The third-order valence-electron chi connectivity index (χ3n) is 5.01. The van der Waals surface area contributed by atoms with Gasteiger partial charge in [-0.3, -0.25) is 9.59 Å². The van der Waals surface area contributed by atoms with Gasteiger partial charge in [-0.15, -0.1) is 0 Å².